The van der Waals surface area contributed by atoms with Crippen molar-refractivity contribution in [1.29, 1.82) is 0 Å². The molecular formula is C17H25BrFN. The average molecular weight is 342 g/mol. The molecule has 1 aliphatic carbocycles. The Morgan fingerprint density at radius 1 is 1.30 bits per heavy atom. The van der Waals surface area contributed by atoms with E-state index in [-0.39, 0.29) is 5.82 Å². The summed E-state index contributed by atoms with van der Waals surface area (Å²) in [5, 5.41) is 3.57. The van der Waals surface area contributed by atoms with Gasteiger partial charge in [-0.25, -0.2) is 4.39 Å². The molecule has 0 heterocycles. The zero-order valence-corrected chi connectivity index (χ0v) is 14.0. The molecule has 112 valence electrons. The fraction of sp³-hybridized carbons (Fsp3) is 0.647. The van der Waals surface area contributed by atoms with Crippen LogP contribution >= 0.6 is 15.9 Å². The summed E-state index contributed by atoms with van der Waals surface area (Å²) in [4.78, 5) is 0. The summed E-state index contributed by atoms with van der Waals surface area (Å²) in [6.07, 6.45) is 6.33. The quantitative estimate of drug-likeness (QED) is 0.772. The molecule has 1 fully saturated rings. The molecule has 0 amide bonds. The minimum absolute atomic E-state index is 0.149. The number of nitrogens with one attached hydrogen (secondary N) is 1. The molecule has 0 spiro atoms. The molecule has 1 saturated carbocycles. The fourth-order valence-corrected chi connectivity index (χ4v) is 3.64. The van der Waals surface area contributed by atoms with Crippen LogP contribution in [0, 0.1) is 17.7 Å². The van der Waals surface area contributed by atoms with E-state index in [0.29, 0.717) is 16.4 Å². The summed E-state index contributed by atoms with van der Waals surface area (Å²) in [5.41, 5.74) is 1.10. The molecule has 1 atom stereocenters. The Kier molecular flexibility index (Phi) is 6.03. The zero-order valence-electron chi connectivity index (χ0n) is 12.5. The van der Waals surface area contributed by atoms with Gasteiger partial charge in [-0.1, -0.05) is 51.7 Å². The molecule has 1 nitrogen and oxygen atoms in total. The fourth-order valence-electron chi connectivity index (χ4n) is 3.21. The lowest BCUT2D eigenvalue weighted by molar-refractivity contribution is 0.312. The zero-order chi connectivity index (χ0) is 14.5. The molecule has 1 N–H and O–H groups in total. The van der Waals surface area contributed by atoms with Gasteiger partial charge >= 0.3 is 0 Å². The van der Waals surface area contributed by atoms with Crippen LogP contribution in [-0.4, -0.2) is 12.6 Å². The van der Waals surface area contributed by atoms with Crippen LogP contribution in [0.2, 0.25) is 0 Å². The molecule has 0 aromatic heterocycles. The highest BCUT2D eigenvalue weighted by Crippen LogP contribution is 2.34. The Bertz CT molecular complexity index is 427. The first-order chi connectivity index (χ1) is 9.58. The average Bonchev–Trinajstić information content (AvgIpc) is 2.93. The van der Waals surface area contributed by atoms with E-state index >= 15 is 0 Å². The molecule has 20 heavy (non-hydrogen) atoms. The monoisotopic (exact) mass is 341 g/mol. The van der Waals surface area contributed by atoms with Gasteiger partial charge in [-0.05, 0) is 52.4 Å². The van der Waals surface area contributed by atoms with Gasteiger partial charge in [0.1, 0.15) is 5.82 Å². The molecule has 1 unspecified atom stereocenters. The molecule has 0 radical (unpaired) electrons. The summed E-state index contributed by atoms with van der Waals surface area (Å²) in [6.45, 7) is 5.40. The Balaban J connectivity index is 2.07. The highest BCUT2D eigenvalue weighted by Gasteiger charge is 2.26. The molecule has 0 bridgehead atoms. The first kappa shape index (κ1) is 16.0. The van der Waals surface area contributed by atoms with Gasteiger partial charge in [0.2, 0.25) is 0 Å². The van der Waals surface area contributed by atoms with E-state index in [1.54, 1.807) is 0 Å². The second kappa shape index (κ2) is 7.56. The van der Waals surface area contributed by atoms with Gasteiger partial charge in [0, 0.05) is 6.04 Å². The van der Waals surface area contributed by atoms with Crippen LogP contribution in [0.25, 0.3) is 0 Å². The molecule has 2 rings (SSSR count). The molecule has 1 aromatic rings. The predicted molar refractivity (Wildman–Crippen MR) is 86.4 cm³/mol. The number of rotatable bonds is 6. The topological polar surface area (TPSA) is 12.0 Å². The minimum Gasteiger partial charge on any atom is -0.314 e. The number of hydrogen-bond acceptors (Lipinski definition) is 1. The van der Waals surface area contributed by atoms with Crippen LogP contribution in [0.4, 0.5) is 4.39 Å². The molecule has 0 saturated heterocycles. The van der Waals surface area contributed by atoms with Crippen molar-refractivity contribution < 1.29 is 4.39 Å². The number of halogens is 2. The van der Waals surface area contributed by atoms with Crippen molar-refractivity contribution in [2.75, 3.05) is 6.54 Å². The third-order valence-corrected chi connectivity index (χ3v) is 5.26. The largest absolute Gasteiger partial charge is 0.314 e. The van der Waals surface area contributed by atoms with E-state index < -0.39 is 0 Å². The van der Waals surface area contributed by atoms with Crippen molar-refractivity contribution in [2.45, 2.75) is 52.0 Å². The smallest absolute Gasteiger partial charge is 0.137 e. The van der Waals surface area contributed by atoms with E-state index in [1.807, 2.05) is 12.1 Å². The minimum atomic E-state index is -0.149. The summed E-state index contributed by atoms with van der Waals surface area (Å²) in [7, 11) is 0. The summed E-state index contributed by atoms with van der Waals surface area (Å²) in [6, 6.07) is 5.89. The Morgan fingerprint density at radius 3 is 2.65 bits per heavy atom. The third kappa shape index (κ3) is 4.29. The standard InChI is InChI=1S/C17H25BrFN/c1-12(2)20-11-15(13-6-3-4-7-13)10-14-8-5-9-16(19)17(14)18/h5,8-9,12-13,15,20H,3-4,6-7,10-11H2,1-2H3. The van der Waals surface area contributed by atoms with Gasteiger partial charge in [0.15, 0.2) is 0 Å². The highest BCUT2D eigenvalue weighted by atomic mass is 79.9. The first-order valence-corrected chi connectivity index (χ1v) is 8.53. The van der Waals surface area contributed by atoms with Crippen molar-refractivity contribution in [2.24, 2.45) is 11.8 Å². The Hall–Kier alpha value is -0.410. The van der Waals surface area contributed by atoms with E-state index in [0.717, 1.165) is 24.4 Å². The van der Waals surface area contributed by atoms with Crippen molar-refractivity contribution in [3.63, 3.8) is 0 Å². The van der Waals surface area contributed by atoms with E-state index in [1.165, 1.54) is 31.7 Å². The van der Waals surface area contributed by atoms with Crippen LogP contribution in [0.3, 0.4) is 0 Å². The molecule has 1 aliphatic rings. The molecule has 1 aromatic carbocycles. The Morgan fingerprint density at radius 2 is 2.00 bits per heavy atom. The van der Waals surface area contributed by atoms with Crippen molar-refractivity contribution in [3.05, 3.63) is 34.1 Å². The molecule has 3 heteroatoms. The van der Waals surface area contributed by atoms with Crippen LogP contribution in [0.1, 0.15) is 45.1 Å². The number of hydrogen-bond donors (Lipinski definition) is 1. The second-order valence-corrected chi connectivity index (χ2v) is 7.08. The van der Waals surface area contributed by atoms with Crippen LogP contribution < -0.4 is 5.32 Å². The number of benzene rings is 1. The van der Waals surface area contributed by atoms with E-state index in [2.05, 4.69) is 35.1 Å². The summed E-state index contributed by atoms with van der Waals surface area (Å²) in [5.74, 6) is 1.25. The van der Waals surface area contributed by atoms with Gasteiger partial charge in [-0.2, -0.15) is 0 Å². The molecule has 0 aliphatic heterocycles. The van der Waals surface area contributed by atoms with Crippen molar-refractivity contribution in [1.82, 2.24) is 5.32 Å². The van der Waals surface area contributed by atoms with E-state index in [9.17, 15) is 4.39 Å². The van der Waals surface area contributed by atoms with Gasteiger partial charge < -0.3 is 5.32 Å². The summed E-state index contributed by atoms with van der Waals surface area (Å²) >= 11 is 3.40. The van der Waals surface area contributed by atoms with Crippen LogP contribution in [-0.2, 0) is 6.42 Å². The third-order valence-electron chi connectivity index (χ3n) is 4.37. The van der Waals surface area contributed by atoms with Gasteiger partial charge in [0.05, 0.1) is 4.47 Å². The maximum absolute atomic E-state index is 13.7. The van der Waals surface area contributed by atoms with Gasteiger partial charge in [0.25, 0.3) is 0 Å². The second-order valence-electron chi connectivity index (χ2n) is 6.28. The van der Waals surface area contributed by atoms with Gasteiger partial charge in [-0.3, -0.25) is 0 Å². The van der Waals surface area contributed by atoms with E-state index in [4.69, 9.17) is 0 Å². The first-order valence-electron chi connectivity index (χ1n) is 7.74. The van der Waals surface area contributed by atoms with Crippen LogP contribution in [0.5, 0.6) is 0 Å². The maximum atomic E-state index is 13.7. The normalized spacial score (nSPS) is 17.9. The molecular weight excluding hydrogens is 317 g/mol. The predicted octanol–water partition coefficient (Wildman–Crippen LogP) is 4.94. The van der Waals surface area contributed by atoms with Gasteiger partial charge in [-0.15, -0.1) is 0 Å². The highest BCUT2D eigenvalue weighted by molar-refractivity contribution is 9.10. The van der Waals surface area contributed by atoms with Crippen molar-refractivity contribution in [3.8, 4) is 0 Å². The lowest BCUT2D eigenvalue weighted by Gasteiger charge is -2.25. The Labute approximate surface area is 130 Å². The maximum Gasteiger partial charge on any atom is 0.137 e. The lowest BCUT2D eigenvalue weighted by Crippen LogP contribution is -2.33. The SMILES string of the molecule is CC(C)NCC(Cc1cccc(F)c1Br)C1CCCC1. The lowest BCUT2D eigenvalue weighted by atomic mass is 9.85. The summed E-state index contributed by atoms with van der Waals surface area (Å²) < 4.78 is 14.3. The van der Waals surface area contributed by atoms with Crippen molar-refractivity contribution >= 4 is 15.9 Å². The van der Waals surface area contributed by atoms with Crippen LogP contribution in [0.15, 0.2) is 22.7 Å².